The lowest BCUT2D eigenvalue weighted by Crippen LogP contribution is -2.02. The molecule has 0 aliphatic heterocycles. The maximum Gasteiger partial charge on any atom is 0.242 e. The molecule has 0 spiro atoms. The quantitative estimate of drug-likeness (QED) is 0.246. The molecule has 0 aliphatic carbocycles. The first-order valence-electron chi connectivity index (χ1n) is 7.97. The standard InChI is InChI=1S/C20H14BrN3O2/c21-12-4-3-5-13(8-12)24-17-10-23-20(18(26)11-25)19(17)15-9-22-16-7-2-1-6-14(15)16/h1-11,22-24H. The van der Waals surface area contributed by atoms with E-state index >= 15 is 0 Å². The number of aromatic amines is 2. The van der Waals surface area contributed by atoms with Crippen molar-refractivity contribution >= 4 is 50.3 Å². The van der Waals surface area contributed by atoms with Gasteiger partial charge in [0, 0.05) is 44.6 Å². The Morgan fingerprint density at radius 2 is 1.88 bits per heavy atom. The summed E-state index contributed by atoms with van der Waals surface area (Å²) >= 11 is 3.45. The van der Waals surface area contributed by atoms with Crippen LogP contribution in [0.25, 0.3) is 22.0 Å². The Hall–Kier alpha value is -3.12. The summed E-state index contributed by atoms with van der Waals surface area (Å²) in [4.78, 5) is 29.4. The zero-order valence-electron chi connectivity index (χ0n) is 13.5. The van der Waals surface area contributed by atoms with E-state index in [-0.39, 0.29) is 5.69 Å². The van der Waals surface area contributed by atoms with Crippen molar-refractivity contribution in [3.8, 4) is 11.1 Å². The summed E-state index contributed by atoms with van der Waals surface area (Å²) < 4.78 is 0.941. The largest absolute Gasteiger partial charge is 0.361 e. The number of carbonyl (C=O) groups is 2. The van der Waals surface area contributed by atoms with Crippen molar-refractivity contribution in [3.05, 3.63) is 71.1 Å². The van der Waals surface area contributed by atoms with Crippen molar-refractivity contribution in [1.82, 2.24) is 9.97 Å². The van der Waals surface area contributed by atoms with Crippen LogP contribution in [0.4, 0.5) is 11.4 Å². The Kier molecular flexibility index (Phi) is 4.18. The summed E-state index contributed by atoms with van der Waals surface area (Å²) in [5.74, 6) is -0.590. The fraction of sp³-hybridized carbons (Fsp3) is 0. The van der Waals surface area contributed by atoms with Crippen LogP contribution in [0.5, 0.6) is 0 Å². The van der Waals surface area contributed by atoms with Crippen LogP contribution >= 0.6 is 15.9 Å². The summed E-state index contributed by atoms with van der Waals surface area (Å²) in [5, 5.41) is 4.30. The number of ketones is 1. The Morgan fingerprint density at radius 1 is 1.04 bits per heavy atom. The predicted molar refractivity (Wildman–Crippen MR) is 106 cm³/mol. The molecule has 0 saturated heterocycles. The van der Waals surface area contributed by atoms with Gasteiger partial charge >= 0.3 is 0 Å². The van der Waals surface area contributed by atoms with E-state index in [1.54, 1.807) is 6.20 Å². The molecule has 0 bridgehead atoms. The number of Topliss-reactive ketones (excluding diaryl/α,β-unsaturated/α-hetero) is 1. The first kappa shape index (κ1) is 16.4. The maximum absolute atomic E-state index is 12.1. The number of carbonyl (C=O) groups excluding carboxylic acids is 2. The first-order valence-corrected chi connectivity index (χ1v) is 8.76. The lowest BCUT2D eigenvalue weighted by molar-refractivity contribution is -0.104. The van der Waals surface area contributed by atoms with Crippen LogP contribution in [-0.4, -0.2) is 22.0 Å². The summed E-state index contributed by atoms with van der Waals surface area (Å²) in [6.07, 6.45) is 3.88. The number of rotatable bonds is 5. The fourth-order valence-corrected chi connectivity index (χ4v) is 3.45. The summed E-state index contributed by atoms with van der Waals surface area (Å²) in [6, 6.07) is 15.5. The number of H-pyrrole nitrogens is 2. The number of hydrogen-bond donors (Lipinski definition) is 3. The summed E-state index contributed by atoms with van der Waals surface area (Å²) in [5.41, 5.74) is 4.33. The average Bonchev–Trinajstić information content (AvgIpc) is 3.25. The Bertz CT molecular complexity index is 1130. The number of nitrogens with one attached hydrogen (secondary N) is 3. The molecule has 2 aromatic heterocycles. The summed E-state index contributed by atoms with van der Waals surface area (Å²) in [6.45, 7) is 0. The second-order valence-electron chi connectivity index (χ2n) is 5.82. The number of hydrogen-bond acceptors (Lipinski definition) is 3. The molecule has 6 heteroatoms. The van der Waals surface area contributed by atoms with Crippen LogP contribution in [0.1, 0.15) is 10.5 Å². The van der Waals surface area contributed by atoms with Crippen molar-refractivity contribution in [2.75, 3.05) is 5.32 Å². The highest BCUT2D eigenvalue weighted by Crippen LogP contribution is 2.38. The average molecular weight is 408 g/mol. The Labute approximate surface area is 157 Å². The van der Waals surface area contributed by atoms with Gasteiger partial charge in [-0.05, 0) is 24.3 Å². The van der Waals surface area contributed by atoms with Crippen molar-refractivity contribution in [3.63, 3.8) is 0 Å². The number of aldehydes is 1. The smallest absolute Gasteiger partial charge is 0.242 e. The molecule has 0 amide bonds. The van der Waals surface area contributed by atoms with Gasteiger partial charge < -0.3 is 15.3 Å². The minimum Gasteiger partial charge on any atom is -0.361 e. The zero-order valence-corrected chi connectivity index (χ0v) is 15.1. The Balaban J connectivity index is 1.89. The van der Waals surface area contributed by atoms with Gasteiger partial charge in [0.2, 0.25) is 5.78 Å². The van der Waals surface area contributed by atoms with E-state index in [0.29, 0.717) is 11.8 Å². The molecule has 26 heavy (non-hydrogen) atoms. The van der Waals surface area contributed by atoms with Gasteiger partial charge in [-0.1, -0.05) is 40.2 Å². The van der Waals surface area contributed by atoms with Gasteiger partial charge in [-0.2, -0.15) is 0 Å². The zero-order chi connectivity index (χ0) is 18.1. The highest BCUT2D eigenvalue weighted by Gasteiger charge is 2.21. The highest BCUT2D eigenvalue weighted by molar-refractivity contribution is 9.10. The Morgan fingerprint density at radius 3 is 2.69 bits per heavy atom. The van der Waals surface area contributed by atoms with Crippen molar-refractivity contribution in [1.29, 1.82) is 0 Å². The SMILES string of the molecule is O=CC(=O)c1[nH]cc(Nc2cccc(Br)c2)c1-c1c[nH]c2ccccc12. The molecule has 0 atom stereocenters. The molecule has 0 unspecified atom stereocenters. The number of anilines is 2. The van der Waals surface area contributed by atoms with E-state index in [0.717, 1.165) is 32.3 Å². The number of halogens is 1. The normalized spacial score (nSPS) is 10.8. The molecule has 3 N–H and O–H groups in total. The molecule has 2 heterocycles. The fourth-order valence-electron chi connectivity index (χ4n) is 3.06. The second kappa shape index (κ2) is 6.65. The molecule has 4 rings (SSSR count). The van der Waals surface area contributed by atoms with Crippen LogP contribution in [0, 0.1) is 0 Å². The first-order chi connectivity index (χ1) is 12.7. The van der Waals surface area contributed by atoms with Gasteiger partial charge in [0.05, 0.1) is 11.4 Å². The van der Waals surface area contributed by atoms with Crippen molar-refractivity contribution in [2.24, 2.45) is 0 Å². The van der Waals surface area contributed by atoms with Crippen molar-refractivity contribution < 1.29 is 9.59 Å². The number of para-hydroxylation sites is 1. The molecule has 2 aromatic carbocycles. The van der Waals surface area contributed by atoms with E-state index in [1.807, 2.05) is 54.7 Å². The van der Waals surface area contributed by atoms with E-state index in [1.165, 1.54) is 0 Å². The number of fused-ring (bicyclic) bond motifs is 1. The molecule has 0 fully saturated rings. The van der Waals surface area contributed by atoms with Crippen LogP contribution in [0.2, 0.25) is 0 Å². The second-order valence-corrected chi connectivity index (χ2v) is 6.73. The van der Waals surface area contributed by atoms with Gasteiger partial charge in [-0.25, -0.2) is 0 Å². The van der Waals surface area contributed by atoms with Gasteiger partial charge in [0.1, 0.15) is 0 Å². The van der Waals surface area contributed by atoms with Gasteiger partial charge in [0.25, 0.3) is 0 Å². The van der Waals surface area contributed by atoms with Gasteiger partial charge in [-0.15, -0.1) is 0 Å². The van der Waals surface area contributed by atoms with E-state index < -0.39 is 5.78 Å². The molecule has 5 nitrogen and oxygen atoms in total. The third-order valence-corrected chi connectivity index (χ3v) is 4.69. The maximum atomic E-state index is 12.1. The monoisotopic (exact) mass is 407 g/mol. The highest BCUT2D eigenvalue weighted by atomic mass is 79.9. The van der Waals surface area contributed by atoms with Crippen molar-refractivity contribution in [2.45, 2.75) is 0 Å². The third kappa shape index (κ3) is 2.84. The molecule has 128 valence electrons. The van der Waals surface area contributed by atoms with Crippen LogP contribution < -0.4 is 5.32 Å². The number of aromatic nitrogens is 2. The predicted octanol–water partition coefficient (Wildman–Crippen LogP) is 5.05. The van der Waals surface area contributed by atoms with Gasteiger partial charge in [-0.3, -0.25) is 9.59 Å². The molecule has 0 radical (unpaired) electrons. The molecule has 0 aliphatic rings. The molecular weight excluding hydrogens is 394 g/mol. The third-order valence-electron chi connectivity index (χ3n) is 4.20. The topological polar surface area (TPSA) is 77.8 Å². The van der Waals surface area contributed by atoms with Crippen LogP contribution in [-0.2, 0) is 4.79 Å². The molecular formula is C20H14BrN3O2. The van der Waals surface area contributed by atoms with E-state index in [4.69, 9.17) is 0 Å². The minimum atomic E-state index is -0.590. The minimum absolute atomic E-state index is 0.266. The molecule has 0 saturated carbocycles. The van der Waals surface area contributed by atoms with E-state index in [9.17, 15) is 9.59 Å². The number of benzene rings is 2. The van der Waals surface area contributed by atoms with Gasteiger partial charge in [0.15, 0.2) is 6.29 Å². The van der Waals surface area contributed by atoms with E-state index in [2.05, 4.69) is 31.2 Å². The van der Waals surface area contributed by atoms with Crippen LogP contribution in [0.15, 0.2) is 65.4 Å². The van der Waals surface area contributed by atoms with Crippen LogP contribution in [0.3, 0.4) is 0 Å². The summed E-state index contributed by atoms with van der Waals surface area (Å²) in [7, 11) is 0. The molecule has 4 aromatic rings. The lowest BCUT2D eigenvalue weighted by atomic mass is 10.0. The lowest BCUT2D eigenvalue weighted by Gasteiger charge is -2.09.